The third-order valence-electron chi connectivity index (χ3n) is 3.85. The van der Waals surface area contributed by atoms with Crippen LogP contribution in [0, 0.1) is 0 Å². The van der Waals surface area contributed by atoms with Gasteiger partial charge < -0.3 is 15.8 Å². The van der Waals surface area contributed by atoms with Crippen LogP contribution in [0.4, 0.5) is 11.4 Å². The lowest BCUT2D eigenvalue weighted by atomic mass is 10.1. The van der Waals surface area contributed by atoms with E-state index in [1.54, 1.807) is 12.1 Å². The Morgan fingerprint density at radius 2 is 2.33 bits per heavy atom. The van der Waals surface area contributed by atoms with Crippen LogP contribution in [0.5, 0.6) is 0 Å². The lowest BCUT2D eigenvalue weighted by molar-refractivity contribution is -0.117. The molecule has 3 N–H and O–H groups in total. The van der Waals surface area contributed by atoms with E-state index in [0.717, 1.165) is 31.8 Å². The number of ether oxygens (including phenoxy) is 1. The van der Waals surface area contributed by atoms with E-state index < -0.39 is 0 Å². The predicted octanol–water partition coefficient (Wildman–Crippen LogP) is 2.10. The molecule has 5 heteroatoms. The molecule has 0 aliphatic carbocycles. The van der Waals surface area contributed by atoms with Gasteiger partial charge in [-0.25, -0.2) is 0 Å². The van der Waals surface area contributed by atoms with E-state index in [4.69, 9.17) is 10.5 Å². The average Bonchev–Trinajstić information content (AvgIpc) is 2.45. The largest absolute Gasteiger partial charge is 0.399 e. The SMILES string of the molecule is CCC1COC(C)CN1CCC(=O)Nc1cccc(N)c1. The van der Waals surface area contributed by atoms with E-state index in [-0.39, 0.29) is 12.0 Å². The van der Waals surface area contributed by atoms with Gasteiger partial charge in [-0.3, -0.25) is 9.69 Å². The van der Waals surface area contributed by atoms with Gasteiger partial charge in [-0.2, -0.15) is 0 Å². The van der Waals surface area contributed by atoms with Crippen LogP contribution in [-0.2, 0) is 9.53 Å². The van der Waals surface area contributed by atoms with Crippen molar-refractivity contribution in [1.82, 2.24) is 4.90 Å². The van der Waals surface area contributed by atoms with Crippen molar-refractivity contribution < 1.29 is 9.53 Å². The van der Waals surface area contributed by atoms with Crippen molar-refractivity contribution in [2.24, 2.45) is 0 Å². The van der Waals surface area contributed by atoms with Crippen LogP contribution in [0.1, 0.15) is 26.7 Å². The minimum Gasteiger partial charge on any atom is -0.399 e. The van der Waals surface area contributed by atoms with Crippen molar-refractivity contribution in [2.75, 3.05) is 30.7 Å². The summed E-state index contributed by atoms with van der Waals surface area (Å²) in [6, 6.07) is 7.67. The van der Waals surface area contributed by atoms with Crippen molar-refractivity contribution in [2.45, 2.75) is 38.8 Å². The summed E-state index contributed by atoms with van der Waals surface area (Å²) in [5, 5.41) is 2.89. The van der Waals surface area contributed by atoms with E-state index in [9.17, 15) is 4.79 Å². The number of nitrogens with zero attached hydrogens (tertiary/aromatic N) is 1. The molecule has 0 saturated carbocycles. The lowest BCUT2D eigenvalue weighted by Crippen LogP contribution is -2.49. The highest BCUT2D eigenvalue weighted by atomic mass is 16.5. The molecule has 1 aliphatic heterocycles. The van der Waals surface area contributed by atoms with Gasteiger partial charge in [-0.1, -0.05) is 13.0 Å². The summed E-state index contributed by atoms with van der Waals surface area (Å²) in [6.07, 6.45) is 1.77. The van der Waals surface area contributed by atoms with Crippen molar-refractivity contribution in [1.29, 1.82) is 0 Å². The fourth-order valence-electron chi connectivity index (χ4n) is 2.65. The second kappa shape index (κ2) is 7.43. The zero-order valence-corrected chi connectivity index (χ0v) is 12.8. The summed E-state index contributed by atoms with van der Waals surface area (Å²) in [5.41, 5.74) is 7.11. The summed E-state index contributed by atoms with van der Waals surface area (Å²) in [6.45, 7) is 6.65. The zero-order chi connectivity index (χ0) is 15.2. The van der Waals surface area contributed by atoms with Crippen molar-refractivity contribution in [3.8, 4) is 0 Å². The molecule has 2 rings (SSSR count). The maximum atomic E-state index is 12.0. The van der Waals surface area contributed by atoms with Crippen LogP contribution in [0.15, 0.2) is 24.3 Å². The molecule has 0 radical (unpaired) electrons. The molecular weight excluding hydrogens is 266 g/mol. The number of anilines is 2. The number of rotatable bonds is 5. The number of morpholine rings is 1. The van der Waals surface area contributed by atoms with Crippen molar-refractivity contribution in [3.63, 3.8) is 0 Å². The van der Waals surface area contributed by atoms with Gasteiger partial charge in [-0.15, -0.1) is 0 Å². The topological polar surface area (TPSA) is 67.6 Å². The molecule has 1 aromatic rings. The van der Waals surface area contributed by atoms with Crippen molar-refractivity contribution >= 4 is 17.3 Å². The number of hydrogen-bond donors (Lipinski definition) is 2. The van der Waals surface area contributed by atoms with E-state index in [2.05, 4.69) is 24.1 Å². The maximum Gasteiger partial charge on any atom is 0.225 e. The monoisotopic (exact) mass is 291 g/mol. The van der Waals surface area contributed by atoms with Gasteiger partial charge in [0.1, 0.15) is 0 Å². The number of carbonyl (C=O) groups is 1. The zero-order valence-electron chi connectivity index (χ0n) is 12.8. The molecular formula is C16H25N3O2. The van der Waals surface area contributed by atoms with Gasteiger partial charge in [0.2, 0.25) is 5.91 Å². The summed E-state index contributed by atoms with van der Waals surface area (Å²) < 4.78 is 5.67. The number of carbonyl (C=O) groups excluding carboxylic acids is 1. The Labute approximate surface area is 126 Å². The number of hydrogen-bond acceptors (Lipinski definition) is 4. The second-order valence-electron chi connectivity index (χ2n) is 5.62. The van der Waals surface area contributed by atoms with Crippen LogP contribution in [0.2, 0.25) is 0 Å². The number of amides is 1. The lowest BCUT2D eigenvalue weighted by Gasteiger charge is -2.38. The molecule has 116 valence electrons. The summed E-state index contributed by atoms with van der Waals surface area (Å²) in [5.74, 6) is 0.0228. The van der Waals surface area contributed by atoms with E-state index >= 15 is 0 Å². The molecule has 0 bridgehead atoms. The molecule has 0 spiro atoms. The highest BCUT2D eigenvalue weighted by molar-refractivity contribution is 5.91. The van der Waals surface area contributed by atoms with E-state index in [0.29, 0.717) is 18.2 Å². The van der Waals surface area contributed by atoms with Gasteiger partial charge >= 0.3 is 0 Å². The van der Waals surface area contributed by atoms with Gasteiger partial charge in [0.05, 0.1) is 12.7 Å². The average molecular weight is 291 g/mol. The molecule has 21 heavy (non-hydrogen) atoms. The van der Waals surface area contributed by atoms with Gasteiger partial charge in [0, 0.05) is 36.9 Å². The van der Waals surface area contributed by atoms with Gasteiger partial charge in [-0.05, 0) is 31.5 Å². The van der Waals surface area contributed by atoms with Crippen LogP contribution in [0.3, 0.4) is 0 Å². The predicted molar refractivity (Wildman–Crippen MR) is 85.2 cm³/mol. The molecule has 2 atom stereocenters. The highest BCUT2D eigenvalue weighted by Crippen LogP contribution is 2.16. The third kappa shape index (κ3) is 4.72. The summed E-state index contributed by atoms with van der Waals surface area (Å²) in [7, 11) is 0. The first-order chi connectivity index (χ1) is 10.1. The smallest absolute Gasteiger partial charge is 0.225 e. The van der Waals surface area contributed by atoms with E-state index in [1.807, 2.05) is 12.1 Å². The molecule has 2 unspecified atom stereocenters. The van der Waals surface area contributed by atoms with Crippen LogP contribution >= 0.6 is 0 Å². The Bertz CT molecular complexity index is 478. The molecule has 1 aromatic carbocycles. The molecule has 1 aliphatic rings. The number of nitrogens with two attached hydrogens (primary N) is 1. The van der Waals surface area contributed by atoms with E-state index in [1.165, 1.54) is 0 Å². The first-order valence-corrected chi connectivity index (χ1v) is 7.59. The Balaban J connectivity index is 1.82. The fraction of sp³-hybridized carbons (Fsp3) is 0.562. The molecule has 5 nitrogen and oxygen atoms in total. The first kappa shape index (κ1) is 15.8. The minimum absolute atomic E-state index is 0.0228. The van der Waals surface area contributed by atoms with Crippen LogP contribution in [0.25, 0.3) is 0 Å². The summed E-state index contributed by atoms with van der Waals surface area (Å²) >= 11 is 0. The number of benzene rings is 1. The molecule has 0 aromatic heterocycles. The maximum absolute atomic E-state index is 12.0. The molecule has 1 fully saturated rings. The summed E-state index contributed by atoms with van der Waals surface area (Å²) in [4.78, 5) is 14.4. The fourth-order valence-corrected chi connectivity index (χ4v) is 2.65. The van der Waals surface area contributed by atoms with Gasteiger partial charge in [0.25, 0.3) is 0 Å². The number of nitrogens with one attached hydrogen (secondary N) is 1. The molecule has 1 saturated heterocycles. The van der Waals surface area contributed by atoms with Crippen LogP contribution < -0.4 is 11.1 Å². The number of nitrogen functional groups attached to an aromatic ring is 1. The Morgan fingerprint density at radius 1 is 1.52 bits per heavy atom. The van der Waals surface area contributed by atoms with Crippen LogP contribution in [-0.4, -0.2) is 42.6 Å². The normalized spacial score (nSPS) is 23.0. The third-order valence-corrected chi connectivity index (χ3v) is 3.85. The minimum atomic E-state index is 0.0228. The molecule has 1 amide bonds. The van der Waals surface area contributed by atoms with Gasteiger partial charge in [0.15, 0.2) is 0 Å². The van der Waals surface area contributed by atoms with Crippen molar-refractivity contribution in [3.05, 3.63) is 24.3 Å². The Kier molecular flexibility index (Phi) is 5.59. The first-order valence-electron chi connectivity index (χ1n) is 7.59. The Hall–Kier alpha value is -1.59. The quantitative estimate of drug-likeness (QED) is 0.815. The second-order valence-corrected chi connectivity index (χ2v) is 5.62. The highest BCUT2D eigenvalue weighted by Gasteiger charge is 2.25. The molecule has 1 heterocycles. The standard InChI is InChI=1S/C16H25N3O2/c1-3-15-11-21-12(2)10-19(15)8-7-16(20)18-14-6-4-5-13(17)9-14/h4-6,9,12,15H,3,7-8,10-11,17H2,1-2H3,(H,18,20). The Morgan fingerprint density at radius 3 is 3.05 bits per heavy atom.